The van der Waals surface area contributed by atoms with E-state index in [4.69, 9.17) is 11.0 Å². The number of rotatable bonds is 4. The smallest absolute Gasteiger partial charge is 0.369 e. The number of alkyl halides is 3. The van der Waals surface area contributed by atoms with Crippen molar-refractivity contribution in [3.63, 3.8) is 0 Å². The lowest BCUT2D eigenvalue weighted by atomic mass is 9.95. The van der Waals surface area contributed by atoms with Crippen LogP contribution in [0.25, 0.3) is 0 Å². The van der Waals surface area contributed by atoms with Crippen molar-refractivity contribution in [2.75, 3.05) is 13.1 Å². The van der Waals surface area contributed by atoms with Crippen molar-refractivity contribution in [2.24, 2.45) is 17.6 Å². The van der Waals surface area contributed by atoms with Gasteiger partial charge in [0.05, 0.1) is 23.5 Å². The molecule has 0 aromatic heterocycles. The number of aryl methyl sites for hydroxylation is 1. The van der Waals surface area contributed by atoms with Crippen molar-refractivity contribution < 1.29 is 22.8 Å². The van der Waals surface area contributed by atoms with Crippen LogP contribution in [0.15, 0.2) is 24.3 Å². The van der Waals surface area contributed by atoms with Crippen LogP contribution in [0.2, 0.25) is 0 Å². The number of amides is 2. The number of carbonyl (C=O) groups is 2. The molecule has 1 aromatic rings. The number of likely N-dealkylation sites (tertiary alicyclic amines) is 1. The highest BCUT2D eigenvalue weighted by atomic mass is 19.4. The molecule has 1 heterocycles. The zero-order valence-electron chi connectivity index (χ0n) is 12.7. The number of carbonyl (C=O) groups excluding carboxylic acids is 2. The van der Waals surface area contributed by atoms with Crippen LogP contribution in [-0.4, -0.2) is 36.0 Å². The van der Waals surface area contributed by atoms with Gasteiger partial charge in [0.25, 0.3) is 0 Å². The summed E-state index contributed by atoms with van der Waals surface area (Å²) in [7, 11) is 0. The van der Waals surface area contributed by atoms with Crippen molar-refractivity contribution in [1.82, 2.24) is 4.90 Å². The van der Waals surface area contributed by atoms with E-state index in [1.165, 1.54) is 0 Å². The topological polar surface area (TPSA) is 87.2 Å². The molecule has 5 nitrogen and oxygen atoms in total. The molecular formula is C16H16F3N3O2. The van der Waals surface area contributed by atoms with E-state index in [2.05, 4.69) is 0 Å². The van der Waals surface area contributed by atoms with Crippen LogP contribution in [0.4, 0.5) is 13.2 Å². The minimum absolute atomic E-state index is 0.0297. The summed E-state index contributed by atoms with van der Waals surface area (Å²) in [4.78, 5) is 24.4. The maximum Gasteiger partial charge on any atom is 0.394 e. The third kappa shape index (κ3) is 4.04. The van der Waals surface area contributed by atoms with Crippen LogP contribution >= 0.6 is 0 Å². The van der Waals surface area contributed by atoms with Crippen molar-refractivity contribution in [3.05, 3.63) is 35.4 Å². The van der Waals surface area contributed by atoms with Crippen molar-refractivity contribution >= 4 is 11.8 Å². The first-order valence-electron chi connectivity index (χ1n) is 7.35. The van der Waals surface area contributed by atoms with Gasteiger partial charge in [-0.1, -0.05) is 12.1 Å². The second-order valence-electron chi connectivity index (χ2n) is 5.76. The Hall–Kier alpha value is -2.56. The van der Waals surface area contributed by atoms with Gasteiger partial charge in [0, 0.05) is 19.5 Å². The maximum atomic E-state index is 13.0. The Labute approximate surface area is 136 Å². The van der Waals surface area contributed by atoms with Gasteiger partial charge in [-0.2, -0.15) is 18.4 Å². The van der Waals surface area contributed by atoms with E-state index in [0.717, 1.165) is 10.5 Å². The first-order valence-corrected chi connectivity index (χ1v) is 7.35. The minimum Gasteiger partial charge on any atom is -0.369 e. The molecular weight excluding hydrogens is 323 g/mol. The Morgan fingerprint density at radius 1 is 1.25 bits per heavy atom. The first-order chi connectivity index (χ1) is 11.2. The summed E-state index contributed by atoms with van der Waals surface area (Å²) in [5, 5.41) is 8.71. The average Bonchev–Trinajstić information content (AvgIpc) is 2.99. The standard InChI is InChI=1S/C16H16F3N3O2/c17-16(18,19)13-9-22(8-12(13)15(21)24)14(23)6-5-10-1-3-11(7-20)4-2-10/h1-4,12-13H,5-6,8-9H2,(H2,21,24)/t12-,13-/m1/s1. The molecule has 0 radical (unpaired) electrons. The highest BCUT2D eigenvalue weighted by Crippen LogP contribution is 2.37. The second kappa shape index (κ2) is 6.91. The van der Waals surface area contributed by atoms with Gasteiger partial charge < -0.3 is 10.6 Å². The number of hydrogen-bond acceptors (Lipinski definition) is 3. The summed E-state index contributed by atoms with van der Waals surface area (Å²) in [5.74, 6) is -4.80. The Kier molecular flexibility index (Phi) is 5.12. The van der Waals surface area contributed by atoms with Crippen molar-refractivity contribution in [2.45, 2.75) is 19.0 Å². The summed E-state index contributed by atoms with van der Waals surface area (Å²) < 4.78 is 38.9. The predicted molar refractivity (Wildman–Crippen MR) is 78.3 cm³/mol. The molecule has 0 bridgehead atoms. The van der Waals surface area contributed by atoms with Gasteiger partial charge >= 0.3 is 6.18 Å². The summed E-state index contributed by atoms with van der Waals surface area (Å²) >= 11 is 0. The summed E-state index contributed by atoms with van der Waals surface area (Å²) in [5.41, 5.74) is 6.33. The predicted octanol–water partition coefficient (Wildman–Crippen LogP) is 1.61. The monoisotopic (exact) mass is 339 g/mol. The lowest BCUT2D eigenvalue weighted by Gasteiger charge is -2.18. The van der Waals surface area contributed by atoms with Gasteiger partial charge in [-0.15, -0.1) is 0 Å². The third-order valence-corrected chi connectivity index (χ3v) is 4.17. The van der Waals surface area contributed by atoms with E-state index in [-0.39, 0.29) is 13.0 Å². The van der Waals surface area contributed by atoms with Crippen LogP contribution in [0, 0.1) is 23.2 Å². The van der Waals surface area contributed by atoms with E-state index < -0.39 is 36.4 Å². The number of primary amides is 1. The minimum atomic E-state index is -4.57. The summed E-state index contributed by atoms with van der Waals surface area (Å²) in [6.45, 7) is -0.838. The third-order valence-electron chi connectivity index (χ3n) is 4.17. The highest BCUT2D eigenvalue weighted by Gasteiger charge is 2.52. The van der Waals surface area contributed by atoms with E-state index in [1.807, 2.05) is 6.07 Å². The lowest BCUT2D eigenvalue weighted by Crippen LogP contribution is -2.37. The van der Waals surface area contributed by atoms with Crippen LogP contribution in [0.5, 0.6) is 0 Å². The second-order valence-corrected chi connectivity index (χ2v) is 5.76. The van der Waals surface area contributed by atoms with Gasteiger partial charge in [0.1, 0.15) is 0 Å². The number of halogens is 3. The molecule has 24 heavy (non-hydrogen) atoms. The highest BCUT2D eigenvalue weighted by molar-refractivity contribution is 5.81. The van der Waals surface area contributed by atoms with E-state index in [1.54, 1.807) is 24.3 Å². The molecule has 0 spiro atoms. The lowest BCUT2D eigenvalue weighted by molar-refractivity contribution is -0.182. The van der Waals surface area contributed by atoms with Gasteiger partial charge in [-0.05, 0) is 24.1 Å². The van der Waals surface area contributed by atoms with Crippen molar-refractivity contribution in [3.8, 4) is 6.07 Å². The zero-order chi connectivity index (χ0) is 17.9. The molecule has 2 N–H and O–H groups in total. The molecule has 0 unspecified atom stereocenters. The van der Waals surface area contributed by atoms with E-state index >= 15 is 0 Å². The molecule has 1 saturated heterocycles. The fourth-order valence-electron chi connectivity index (χ4n) is 2.78. The van der Waals surface area contributed by atoms with Gasteiger partial charge in [-0.3, -0.25) is 9.59 Å². The SMILES string of the molecule is N#Cc1ccc(CCC(=O)N2C[C@@H](C(F)(F)F)[C@H](C(N)=O)C2)cc1. The molecule has 128 valence electrons. The molecule has 1 aromatic carbocycles. The van der Waals surface area contributed by atoms with E-state index in [0.29, 0.717) is 12.0 Å². The summed E-state index contributed by atoms with van der Waals surface area (Å²) in [6, 6.07) is 8.58. The first kappa shape index (κ1) is 17.8. The van der Waals surface area contributed by atoms with Crippen LogP contribution in [0.3, 0.4) is 0 Å². The molecule has 0 aliphatic carbocycles. The van der Waals surface area contributed by atoms with Crippen LogP contribution < -0.4 is 5.73 Å². The Morgan fingerprint density at radius 3 is 2.33 bits per heavy atom. The Balaban J connectivity index is 1.97. The number of nitrogens with zero attached hydrogens (tertiary/aromatic N) is 2. The summed E-state index contributed by atoms with van der Waals surface area (Å²) in [6.07, 6.45) is -4.19. The molecule has 2 atom stereocenters. The normalized spacial score (nSPS) is 20.7. The molecule has 8 heteroatoms. The average molecular weight is 339 g/mol. The number of benzene rings is 1. The quantitative estimate of drug-likeness (QED) is 0.904. The largest absolute Gasteiger partial charge is 0.394 e. The Morgan fingerprint density at radius 2 is 1.88 bits per heavy atom. The van der Waals surface area contributed by atoms with Gasteiger partial charge in [0.2, 0.25) is 11.8 Å². The Bertz CT molecular complexity index is 665. The number of hydrogen-bond donors (Lipinski definition) is 1. The molecule has 2 rings (SSSR count). The van der Waals surface area contributed by atoms with Crippen LogP contribution in [0.1, 0.15) is 17.5 Å². The molecule has 0 saturated carbocycles. The maximum absolute atomic E-state index is 13.0. The number of nitriles is 1. The molecule has 1 aliphatic rings. The molecule has 1 fully saturated rings. The zero-order valence-corrected chi connectivity index (χ0v) is 12.7. The van der Waals surface area contributed by atoms with Gasteiger partial charge in [-0.25, -0.2) is 0 Å². The molecule has 2 amide bonds. The van der Waals surface area contributed by atoms with Crippen molar-refractivity contribution in [1.29, 1.82) is 5.26 Å². The molecule has 1 aliphatic heterocycles. The number of nitrogens with two attached hydrogens (primary N) is 1. The fraction of sp³-hybridized carbons (Fsp3) is 0.438. The van der Waals surface area contributed by atoms with Gasteiger partial charge in [0.15, 0.2) is 0 Å². The fourth-order valence-corrected chi connectivity index (χ4v) is 2.78. The van der Waals surface area contributed by atoms with E-state index in [9.17, 15) is 22.8 Å². The van der Waals surface area contributed by atoms with Crippen LogP contribution in [-0.2, 0) is 16.0 Å².